The first kappa shape index (κ1) is 22.7. The highest BCUT2D eigenvalue weighted by Gasteiger charge is 2.40. The van der Waals surface area contributed by atoms with Crippen LogP contribution in [0.4, 0.5) is 8.78 Å². The number of aliphatic hydroxyl groups is 1. The monoisotopic (exact) mass is 475 g/mol. The molecule has 0 aliphatic heterocycles. The van der Waals surface area contributed by atoms with Crippen LogP contribution in [0.2, 0.25) is 0 Å². The van der Waals surface area contributed by atoms with Gasteiger partial charge in [0.15, 0.2) is 0 Å². The lowest BCUT2D eigenvalue weighted by molar-refractivity contribution is -0.0112. The first-order valence-electron chi connectivity index (χ1n) is 9.72. The molecule has 9 nitrogen and oxygen atoms in total. The van der Waals surface area contributed by atoms with E-state index in [1.54, 1.807) is 31.2 Å². The van der Waals surface area contributed by atoms with Crippen LogP contribution < -0.4 is 0 Å². The van der Waals surface area contributed by atoms with Gasteiger partial charge in [-0.25, -0.2) is 26.9 Å². The Labute approximate surface area is 187 Å². The van der Waals surface area contributed by atoms with E-state index in [1.807, 2.05) is 0 Å². The summed E-state index contributed by atoms with van der Waals surface area (Å²) in [7, 11) is -3.64. The predicted octanol–water partition coefficient (Wildman–Crippen LogP) is 2.70. The van der Waals surface area contributed by atoms with Crippen molar-refractivity contribution >= 4 is 9.84 Å². The molecule has 0 saturated heterocycles. The van der Waals surface area contributed by atoms with Gasteiger partial charge in [0.2, 0.25) is 15.7 Å². The third-order valence-corrected chi connectivity index (χ3v) is 6.16. The molecule has 4 rings (SSSR count). The average Bonchev–Trinajstić information content (AvgIpc) is 3.45. The second-order valence-corrected chi connectivity index (χ2v) is 9.52. The minimum absolute atomic E-state index is 0.0112. The quantitative estimate of drug-likeness (QED) is 0.433. The summed E-state index contributed by atoms with van der Waals surface area (Å²) in [6.45, 7) is 1.56. The van der Waals surface area contributed by atoms with Crippen LogP contribution in [0.3, 0.4) is 0 Å². The molecule has 0 saturated carbocycles. The second-order valence-electron chi connectivity index (χ2n) is 7.63. The molecular weight excluding hydrogens is 456 g/mol. The van der Waals surface area contributed by atoms with Crippen molar-refractivity contribution in [1.29, 1.82) is 0 Å². The second kappa shape index (κ2) is 8.45. The standard InChI is InChI=1S/C21H19F2N5O4S/c1-13(14-3-5-15(6-4-14)19-26-27-20(32-19)33(2,30)31)21(29,10-28-12-24-11-25-28)17-8-7-16(22)9-18(17)23/h3-9,11-13,29H,10H2,1-2H3/t13-,21+/m1/s1. The summed E-state index contributed by atoms with van der Waals surface area (Å²) in [5.41, 5.74) is -0.819. The van der Waals surface area contributed by atoms with E-state index in [0.29, 0.717) is 17.2 Å². The SMILES string of the molecule is C[C@H](c1ccc(-c2nnc(S(C)(=O)=O)o2)cc1)[C@@](O)(Cn1cncn1)c1ccc(F)cc1F. The first-order valence-corrected chi connectivity index (χ1v) is 11.6. The van der Waals surface area contributed by atoms with E-state index in [2.05, 4.69) is 20.3 Å². The molecule has 0 fully saturated rings. The van der Waals surface area contributed by atoms with Gasteiger partial charge in [0.1, 0.15) is 29.9 Å². The maximum atomic E-state index is 14.7. The van der Waals surface area contributed by atoms with Crippen LogP contribution in [-0.2, 0) is 22.0 Å². The Balaban J connectivity index is 1.70. The highest BCUT2D eigenvalue weighted by atomic mass is 32.2. The van der Waals surface area contributed by atoms with Crippen molar-refractivity contribution in [3.63, 3.8) is 0 Å². The van der Waals surface area contributed by atoms with Crippen LogP contribution in [0.25, 0.3) is 11.5 Å². The molecule has 2 atom stereocenters. The third kappa shape index (κ3) is 4.52. The lowest BCUT2D eigenvalue weighted by atomic mass is 9.78. The van der Waals surface area contributed by atoms with Crippen molar-refractivity contribution in [2.75, 3.05) is 6.26 Å². The number of hydrogen-bond acceptors (Lipinski definition) is 8. The van der Waals surface area contributed by atoms with Crippen LogP contribution in [0, 0.1) is 11.6 Å². The molecule has 0 aliphatic carbocycles. The first-order chi connectivity index (χ1) is 15.6. The van der Waals surface area contributed by atoms with E-state index in [1.165, 1.54) is 23.4 Å². The van der Waals surface area contributed by atoms with Crippen molar-refractivity contribution in [2.45, 2.75) is 30.2 Å². The number of hydrogen-bond donors (Lipinski definition) is 1. The van der Waals surface area contributed by atoms with Crippen molar-refractivity contribution in [3.05, 3.63) is 77.9 Å². The van der Waals surface area contributed by atoms with Crippen LogP contribution in [0.5, 0.6) is 0 Å². The van der Waals surface area contributed by atoms with Gasteiger partial charge < -0.3 is 9.52 Å². The molecular formula is C21H19F2N5O4S. The Kier molecular flexibility index (Phi) is 5.80. The summed E-state index contributed by atoms with van der Waals surface area (Å²) in [5, 5.41) is 22.4. The summed E-state index contributed by atoms with van der Waals surface area (Å²) >= 11 is 0. The van der Waals surface area contributed by atoms with Gasteiger partial charge in [0, 0.05) is 29.4 Å². The molecule has 33 heavy (non-hydrogen) atoms. The molecule has 0 amide bonds. The normalized spacial score (nSPS) is 14.7. The average molecular weight is 475 g/mol. The lowest BCUT2D eigenvalue weighted by Gasteiger charge is -2.35. The van der Waals surface area contributed by atoms with Crippen molar-refractivity contribution in [3.8, 4) is 11.5 Å². The molecule has 172 valence electrons. The fourth-order valence-corrected chi connectivity index (χ4v) is 3.94. The maximum absolute atomic E-state index is 14.7. The number of aromatic nitrogens is 5. The van der Waals surface area contributed by atoms with Crippen LogP contribution in [0.15, 0.2) is 64.8 Å². The smallest absolute Gasteiger partial charge is 0.335 e. The van der Waals surface area contributed by atoms with Gasteiger partial charge in [0.05, 0.1) is 6.54 Å². The largest absolute Gasteiger partial charge is 0.408 e. The molecule has 1 N–H and O–H groups in total. The van der Waals surface area contributed by atoms with Gasteiger partial charge in [-0.05, 0) is 23.8 Å². The summed E-state index contributed by atoms with van der Waals surface area (Å²) in [6, 6.07) is 9.56. The Morgan fingerprint density at radius 1 is 1.15 bits per heavy atom. The Hall–Kier alpha value is -3.51. The predicted molar refractivity (Wildman–Crippen MR) is 112 cm³/mol. The molecule has 12 heteroatoms. The number of nitrogens with zero attached hydrogens (tertiary/aromatic N) is 5. The molecule has 4 aromatic rings. The molecule has 0 spiro atoms. The fourth-order valence-electron chi connectivity index (χ4n) is 3.52. The highest BCUT2D eigenvalue weighted by molar-refractivity contribution is 7.90. The van der Waals surface area contributed by atoms with Crippen LogP contribution in [-0.4, -0.2) is 44.7 Å². The number of benzene rings is 2. The molecule has 0 radical (unpaired) electrons. The summed E-state index contributed by atoms with van der Waals surface area (Å²) < 4.78 is 57.9. The van der Waals surface area contributed by atoms with E-state index in [0.717, 1.165) is 12.3 Å². The Morgan fingerprint density at radius 2 is 1.88 bits per heavy atom. The minimum atomic E-state index is -3.64. The maximum Gasteiger partial charge on any atom is 0.335 e. The zero-order chi connectivity index (χ0) is 23.8. The number of rotatable bonds is 7. The van der Waals surface area contributed by atoms with Crippen molar-refractivity contribution in [2.24, 2.45) is 0 Å². The summed E-state index contributed by atoms with van der Waals surface area (Å²) in [6.07, 6.45) is 3.63. The van der Waals surface area contributed by atoms with E-state index >= 15 is 0 Å². The van der Waals surface area contributed by atoms with Crippen molar-refractivity contribution in [1.82, 2.24) is 25.0 Å². The van der Waals surface area contributed by atoms with E-state index < -0.39 is 38.2 Å². The van der Waals surface area contributed by atoms with E-state index in [-0.39, 0.29) is 18.0 Å². The topological polar surface area (TPSA) is 124 Å². The minimum Gasteiger partial charge on any atom is -0.408 e. The van der Waals surface area contributed by atoms with Gasteiger partial charge in [-0.3, -0.25) is 0 Å². The zero-order valence-corrected chi connectivity index (χ0v) is 18.4. The molecule has 2 aromatic heterocycles. The van der Waals surface area contributed by atoms with Gasteiger partial charge in [0.25, 0.3) is 0 Å². The van der Waals surface area contributed by atoms with Gasteiger partial charge in [-0.2, -0.15) is 5.10 Å². The molecule has 0 unspecified atom stereocenters. The van der Waals surface area contributed by atoms with Crippen molar-refractivity contribution < 1.29 is 26.7 Å². The molecule has 2 heterocycles. The number of halogens is 2. The molecule has 2 aromatic carbocycles. The highest BCUT2D eigenvalue weighted by Crippen LogP contribution is 2.40. The summed E-state index contributed by atoms with van der Waals surface area (Å²) in [5.74, 6) is -2.31. The van der Waals surface area contributed by atoms with Gasteiger partial charge in [-0.15, -0.1) is 5.10 Å². The zero-order valence-electron chi connectivity index (χ0n) is 17.6. The van der Waals surface area contributed by atoms with E-state index in [9.17, 15) is 22.3 Å². The van der Waals surface area contributed by atoms with Gasteiger partial charge >= 0.3 is 5.22 Å². The summed E-state index contributed by atoms with van der Waals surface area (Å²) in [4.78, 5) is 3.85. The number of sulfone groups is 1. The molecule has 0 bridgehead atoms. The fraction of sp³-hybridized carbons (Fsp3) is 0.238. The van der Waals surface area contributed by atoms with Crippen LogP contribution in [0.1, 0.15) is 24.0 Å². The Bertz CT molecular complexity index is 1370. The Morgan fingerprint density at radius 3 is 2.45 bits per heavy atom. The lowest BCUT2D eigenvalue weighted by Crippen LogP contribution is -2.38. The third-order valence-electron chi connectivity index (χ3n) is 5.36. The molecule has 0 aliphatic rings. The van der Waals surface area contributed by atoms with Crippen LogP contribution >= 0.6 is 0 Å². The van der Waals surface area contributed by atoms with Gasteiger partial charge in [-0.1, -0.05) is 30.2 Å². The van der Waals surface area contributed by atoms with E-state index in [4.69, 9.17) is 4.42 Å².